The lowest BCUT2D eigenvalue weighted by atomic mass is 9.96. The maximum atomic E-state index is 5.37. The molecular formula is C69H41N5. The van der Waals surface area contributed by atoms with Crippen molar-refractivity contribution >= 4 is 108 Å². The molecule has 0 aliphatic heterocycles. The quantitative estimate of drug-likeness (QED) is 0.162. The van der Waals surface area contributed by atoms with E-state index in [1.807, 2.05) is 0 Å². The van der Waals surface area contributed by atoms with Crippen LogP contribution < -0.4 is 0 Å². The Morgan fingerprint density at radius 2 is 0.703 bits per heavy atom. The third kappa shape index (κ3) is 6.20. The first-order chi connectivity index (χ1) is 36.6. The number of para-hydroxylation sites is 1. The lowest BCUT2D eigenvalue weighted by Gasteiger charge is -2.15. The second-order valence-corrected chi connectivity index (χ2v) is 19.6. The number of hydrogen-bond donors (Lipinski definition) is 0. The van der Waals surface area contributed by atoms with Crippen LogP contribution in [0, 0.1) is 0 Å². The molecule has 3 heterocycles. The summed E-state index contributed by atoms with van der Waals surface area (Å²) in [6, 6.07) is 90.2. The van der Waals surface area contributed by atoms with Gasteiger partial charge in [0.2, 0.25) is 0 Å². The molecule has 16 aromatic rings. The first kappa shape index (κ1) is 40.7. The Balaban J connectivity index is 0.915. The Morgan fingerprint density at radius 1 is 0.230 bits per heavy atom. The summed E-state index contributed by atoms with van der Waals surface area (Å²) in [7, 11) is 0. The molecule has 13 aromatic carbocycles. The van der Waals surface area contributed by atoms with E-state index in [1.54, 1.807) is 0 Å². The SMILES string of the molecule is c1ccc2cc(-c3nc(-c4ccc5c(-n6c7cc(-n8c9ccccc9c9cc%10ccccc%10cc98)ccc7c7cc8ccccc8cc76)cccc5c4)nc(-c4cc5ccccc5c5ccccc45)n3)ccc2c1. The summed E-state index contributed by atoms with van der Waals surface area (Å²) in [5.74, 6) is 1.89. The van der Waals surface area contributed by atoms with Crippen LogP contribution in [0.2, 0.25) is 0 Å². The first-order valence-corrected chi connectivity index (χ1v) is 25.2. The lowest BCUT2D eigenvalue weighted by Crippen LogP contribution is -2.01. The Bertz CT molecular complexity index is 5040. The number of benzene rings is 13. The van der Waals surface area contributed by atoms with Gasteiger partial charge in [-0.25, -0.2) is 15.0 Å². The van der Waals surface area contributed by atoms with Gasteiger partial charge < -0.3 is 9.13 Å². The van der Waals surface area contributed by atoms with Crippen LogP contribution in [0.3, 0.4) is 0 Å². The second kappa shape index (κ2) is 15.8. The van der Waals surface area contributed by atoms with Crippen molar-refractivity contribution in [3.63, 3.8) is 0 Å². The van der Waals surface area contributed by atoms with E-state index in [-0.39, 0.29) is 0 Å². The topological polar surface area (TPSA) is 48.5 Å². The minimum Gasteiger partial charge on any atom is -0.309 e. The van der Waals surface area contributed by atoms with E-state index in [2.05, 4.69) is 258 Å². The van der Waals surface area contributed by atoms with Crippen LogP contribution in [0.15, 0.2) is 249 Å². The second-order valence-electron chi connectivity index (χ2n) is 19.6. The molecule has 16 rings (SSSR count). The summed E-state index contributed by atoms with van der Waals surface area (Å²) in [4.78, 5) is 16.0. The minimum absolute atomic E-state index is 0.620. The molecule has 0 saturated heterocycles. The Hall–Kier alpha value is -9.97. The van der Waals surface area contributed by atoms with Crippen LogP contribution in [-0.2, 0) is 0 Å². The number of fused-ring (bicyclic) bond motifs is 13. The summed E-state index contributed by atoms with van der Waals surface area (Å²) in [6.07, 6.45) is 0. The Kier molecular flexibility index (Phi) is 8.68. The number of hydrogen-bond acceptors (Lipinski definition) is 3. The van der Waals surface area contributed by atoms with Gasteiger partial charge in [0.15, 0.2) is 17.5 Å². The van der Waals surface area contributed by atoms with E-state index >= 15 is 0 Å². The molecular weight excluding hydrogens is 899 g/mol. The molecule has 74 heavy (non-hydrogen) atoms. The molecule has 0 bridgehead atoms. The van der Waals surface area contributed by atoms with E-state index in [1.165, 1.54) is 70.3 Å². The number of aromatic nitrogens is 5. The highest BCUT2D eigenvalue weighted by Crippen LogP contribution is 2.42. The largest absolute Gasteiger partial charge is 0.309 e. The third-order valence-electron chi connectivity index (χ3n) is 15.4. The van der Waals surface area contributed by atoms with Crippen molar-refractivity contribution in [2.75, 3.05) is 0 Å². The zero-order chi connectivity index (χ0) is 48.4. The van der Waals surface area contributed by atoms with Gasteiger partial charge in [-0.1, -0.05) is 182 Å². The van der Waals surface area contributed by atoms with Crippen molar-refractivity contribution in [3.05, 3.63) is 249 Å². The van der Waals surface area contributed by atoms with Gasteiger partial charge in [-0.05, 0) is 126 Å². The van der Waals surface area contributed by atoms with Crippen LogP contribution in [0.1, 0.15) is 0 Å². The smallest absolute Gasteiger partial charge is 0.164 e. The molecule has 342 valence electrons. The third-order valence-corrected chi connectivity index (χ3v) is 15.4. The van der Waals surface area contributed by atoms with Crippen LogP contribution in [-0.4, -0.2) is 24.1 Å². The van der Waals surface area contributed by atoms with Crippen LogP contribution in [0.5, 0.6) is 0 Å². The summed E-state index contributed by atoms with van der Waals surface area (Å²) >= 11 is 0. The molecule has 0 amide bonds. The molecule has 5 heteroatoms. The average molecular weight is 940 g/mol. The lowest BCUT2D eigenvalue weighted by molar-refractivity contribution is 1.08. The monoisotopic (exact) mass is 939 g/mol. The van der Waals surface area contributed by atoms with Crippen LogP contribution >= 0.6 is 0 Å². The standard InChI is InChI=1S/C69H41N5/c1-2-15-43-34-50(29-28-42(43)14-1)67-70-68(72-69(71-67)61-38-49-20-7-8-22-53(49)55-23-9-10-24-56(55)61)51-30-32-54-48(35-51)21-13-27-62(54)74-65-40-47-19-6-4-17-45(47)37-60(65)58-33-31-52(41-66(58)74)73-63-26-12-11-25-57(63)59-36-44-16-3-5-18-46(44)39-64(59)73/h1-41H. The Morgan fingerprint density at radius 3 is 1.42 bits per heavy atom. The van der Waals surface area contributed by atoms with Crippen molar-refractivity contribution in [2.45, 2.75) is 0 Å². The van der Waals surface area contributed by atoms with Gasteiger partial charge in [0.1, 0.15) is 0 Å². The van der Waals surface area contributed by atoms with Crippen LogP contribution in [0.4, 0.5) is 0 Å². The van der Waals surface area contributed by atoms with Crippen LogP contribution in [0.25, 0.3) is 154 Å². The van der Waals surface area contributed by atoms with Crippen molar-refractivity contribution in [2.24, 2.45) is 0 Å². The molecule has 0 aliphatic carbocycles. The molecule has 5 nitrogen and oxygen atoms in total. The van der Waals surface area contributed by atoms with E-state index in [9.17, 15) is 0 Å². The summed E-state index contributed by atoms with van der Waals surface area (Å²) in [5.41, 5.74) is 9.71. The predicted molar refractivity (Wildman–Crippen MR) is 310 cm³/mol. The van der Waals surface area contributed by atoms with Gasteiger partial charge in [0.25, 0.3) is 0 Å². The van der Waals surface area contributed by atoms with E-state index in [0.717, 1.165) is 66.0 Å². The molecule has 0 atom stereocenters. The molecule has 0 spiro atoms. The number of nitrogens with zero attached hydrogens (tertiary/aromatic N) is 5. The molecule has 0 saturated carbocycles. The zero-order valence-electron chi connectivity index (χ0n) is 39.9. The van der Waals surface area contributed by atoms with Gasteiger partial charge in [0, 0.05) is 49.3 Å². The van der Waals surface area contributed by atoms with Gasteiger partial charge in [0.05, 0.1) is 27.8 Å². The highest BCUT2D eigenvalue weighted by molar-refractivity contribution is 6.17. The van der Waals surface area contributed by atoms with Gasteiger partial charge in [-0.15, -0.1) is 0 Å². The predicted octanol–water partition coefficient (Wildman–Crippen LogP) is 18.0. The van der Waals surface area contributed by atoms with Crippen molar-refractivity contribution < 1.29 is 0 Å². The van der Waals surface area contributed by atoms with Gasteiger partial charge in [-0.2, -0.15) is 0 Å². The molecule has 3 aromatic heterocycles. The van der Waals surface area contributed by atoms with Crippen molar-refractivity contribution in [1.29, 1.82) is 0 Å². The van der Waals surface area contributed by atoms with Gasteiger partial charge >= 0.3 is 0 Å². The summed E-state index contributed by atoms with van der Waals surface area (Å²) in [6.45, 7) is 0. The average Bonchev–Trinajstić information content (AvgIpc) is 3.96. The molecule has 0 radical (unpaired) electrons. The fourth-order valence-corrected chi connectivity index (χ4v) is 11.9. The zero-order valence-corrected chi connectivity index (χ0v) is 39.9. The van der Waals surface area contributed by atoms with Crippen molar-refractivity contribution in [1.82, 2.24) is 24.1 Å². The molecule has 0 unspecified atom stereocenters. The normalized spacial score (nSPS) is 12.1. The summed E-state index contributed by atoms with van der Waals surface area (Å²) < 4.78 is 4.93. The molecule has 0 N–H and O–H groups in total. The highest BCUT2D eigenvalue weighted by atomic mass is 15.0. The minimum atomic E-state index is 0.620. The van der Waals surface area contributed by atoms with E-state index < -0.39 is 0 Å². The van der Waals surface area contributed by atoms with E-state index in [0.29, 0.717) is 17.5 Å². The van der Waals surface area contributed by atoms with E-state index in [4.69, 9.17) is 15.0 Å². The summed E-state index contributed by atoms with van der Waals surface area (Å²) in [5, 5.41) is 18.9. The Labute approximate surface area is 424 Å². The maximum Gasteiger partial charge on any atom is 0.164 e. The first-order valence-electron chi connectivity index (χ1n) is 25.2. The van der Waals surface area contributed by atoms with Crippen molar-refractivity contribution in [3.8, 4) is 45.5 Å². The van der Waals surface area contributed by atoms with Gasteiger partial charge in [-0.3, -0.25) is 0 Å². The fourth-order valence-electron chi connectivity index (χ4n) is 11.9. The fraction of sp³-hybridized carbons (Fsp3) is 0. The maximum absolute atomic E-state index is 5.37. The highest BCUT2D eigenvalue weighted by Gasteiger charge is 2.21. The molecule has 0 aliphatic rings. The number of rotatable bonds is 5. The molecule has 0 fully saturated rings.